The number of aryl methyl sites for hydroxylation is 1. The monoisotopic (exact) mass is 178 g/mol. The summed E-state index contributed by atoms with van der Waals surface area (Å²) in [5, 5.41) is 8.95. The molecule has 0 unspecified atom stereocenters. The van der Waals surface area contributed by atoms with Crippen LogP contribution >= 0.6 is 0 Å². The highest BCUT2D eigenvalue weighted by Crippen LogP contribution is 2.22. The predicted octanol–water partition coefficient (Wildman–Crippen LogP) is 2.57. The molecule has 0 bridgehead atoms. The molecule has 0 heterocycles. The van der Waals surface area contributed by atoms with E-state index in [2.05, 4.69) is 0 Å². The Hall–Kier alpha value is -1.31. The highest BCUT2D eigenvalue weighted by molar-refractivity contribution is 5.76. The third-order valence-corrected chi connectivity index (χ3v) is 2.27. The third kappa shape index (κ3) is 2.08. The van der Waals surface area contributed by atoms with Crippen molar-refractivity contribution < 1.29 is 9.90 Å². The summed E-state index contributed by atoms with van der Waals surface area (Å²) >= 11 is 0. The summed E-state index contributed by atoms with van der Waals surface area (Å²) in [5.41, 5.74) is 1.98. The molecule has 0 aliphatic heterocycles. The maximum absolute atomic E-state index is 10.9. The van der Waals surface area contributed by atoms with Crippen LogP contribution in [0.2, 0.25) is 0 Å². The van der Waals surface area contributed by atoms with E-state index in [4.69, 9.17) is 5.11 Å². The first-order valence-electron chi connectivity index (χ1n) is 4.45. The molecule has 1 rings (SSSR count). The van der Waals surface area contributed by atoms with E-state index in [0.29, 0.717) is 6.42 Å². The van der Waals surface area contributed by atoms with Crippen LogP contribution in [-0.4, -0.2) is 11.1 Å². The predicted molar refractivity (Wildman–Crippen MR) is 51.8 cm³/mol. The maximum Gasteiger partial charge on any atom is 0.310 e. The molecule has 0 saturated heterocycles. The van der Waals surface area contributed by atoms with Crippen molar-refractivity contribution in [2.45, 2.75) is 26.2 Å². The van der Waals surface area contributed by atoms with Gasteiger partial charge in [0.05, 0.1) is 5.92 Å². The zero-order chi connectivity index (χ0) is 9.84. The van der Waals surface area contributed by atoms with E-state index in [9.17, 15) is 4.79 Å². The van der Waals surface area contributed by atoms with Gasteiger partial charge in [-0.2, -0.15) is 0 Å². The third-order valence-electron chi connectivity index (χ3n) is 2.27. The van der Waals surface area contributed by atoms with Crippen LogP contribution in [0.3, 0.4) is 0 Å². The molecule has 1 aromatic rings. The Kier molecular flexibility index (Phi) is 3.07. The SMILES string of the molecule is CC[C@H](C(=O)O)c1ccccc1C. The van der Waals surface area contributed by atoms with E-state index < -0.39 is 5.97 Å². The molecule has 0 aliphatic carbocycles. The van der Waals surface area contributed by atoms with Crippen molar-refractivity contribution >= 4 is 5.97 Å². The average Bonchev–Trinajstić information content (AvgIpc) is 2.09. The van der Waals surface area contributed by atoms with Gasteiger partial charge in [0.2, 0.25) is 0 Å². The van der Waals surface area contributed by atoms with Crippen LogP contribution < -0.4 is 0 Å². The molecule has 1 atom stereocenters. The lowest BCUT2D eigenvalue weighted by Crippen LogP contribution is -2.11. The molecular weight excluding hydrogens is 164 g/mol. The van der Waals surface area contributed by atoms with Crippen molar-refractivity contribution in [3.63, 3.8) is 0 Å². The molecule has 0 aliphatic rings. The minimum absolute atomic E-state index is 0.360. The van der Waals surface area contributed by atoms with Crippen molar-refractivity contribution in [1.82, 2.24) is 0 Å². The fourth-order valence-electron chi connectivity index (χ4n) is 1.51. The molecule has 0 aromatic heterocycles. The molecule has 0 radical (unpaired) electrons. The van der Waals surface area contributed by atoms with Crippen LogP contribution in [0, 0.1) is 6.92 Å². The summed E-state index contributed by atoms with van der Waals surface area (Å²) in [7, 11) is 0. The largest absolute Gasteiger partial charge is 0.481 e. The smallest absolute Gasteiger partial charge is 0.310 e. The zero-order valence-corrected chi connectivity index (χ0v) is 7.95. The summed E-state index contributed by atoms with van der Waals surface area (Å²) in [5.74, 6) is -1.10. The van der Waals surface area contributed by atoms with Crippen LogP contribution in [0.4, 0.5) is 0 Å². The lowest BCUT2D eigenvalue weighted by atomic mass is 9.93. The molecule has 1 N–H and O–H groups in total. The van der Waals surface area contributed by atoms with Gasteiger partial charge in [0.25, 0.3) is 0 Å². The molecule has 0 amide bonds. The number of hydrogen-bond acceptors (Lipinski definition) is 1. The molecule has 1 aromatic carbocycles. The Bertz CT molecular complexity index is 305. The molecule has 0 fully saturated rings. The number of hydrogen-bond donors (Lipinski definition) is 1. The fourth-order valence-corrected chi connectivity index (χ4v) is 1.51. The van der Waals surface area contributed by atoms with Crippen LogP contribution in [0.5, 0.6) is 0 Å². The van der Waals surface area contributed by atoms with Gasteiger partial charge in [0.15, 0.2) is 0 Å². The summed E-state index contributed by atoms with van der Waals surface area (Å²) in [6.45, 7) is 3.84. The Morgan fingerprint density at radius 1 is 1.46 bits per heavy atom. The van der Waals surface area contributed by atoms with Gasteiger partial charge in [-0.15, -0.1) is 0 Å². The number of benzene rings is 1. The van der Waals surface area contributed by atoms with Gasteiger partial charge in [-0.3, -0.25) is 4.79 Å². The van der Waals surface area contributed by atoms with Gasteiger partial charge in [-0.25, -0.2) is 0 Å². The Morgan fingerprint density at radius 3 is 2.54 bits per heavy atom. The second-order valence-electron chi connectivity index (χ2n) is 3.16. The van der Waals surface area contributed by atoms with E-state index in [1.807, 2.05) is 38.1 Å². The van der Waals surface area contributed by atoms with Crippen LogP contribution in [0.15, 0.2) is 24.3 Å². The Balaban J connectivity index is 3.04. The highest BCUT2D eigenvalue weighted by atomic mass is 16.4. The number of carboxylic acids is 1. The fraction of sp³-hybridized carbons (Fsp3) is 0.364. The first-order chi connectivity index (χ1) is 6.16. The quantitative estimate of drug-likeness (QED) is 0.772. The van der Waals surface area contributed by atoms with Crippen molar-refractivity contribution in [3.8, 4) is 0 Å². The molecule has 2 heteroatoms. The molecule has 70 valence electrons. The van der Waals surface area contributed by atoms with Crippen molar-refractivity contribution in [2.75, 3.05) is 0 Å². The average molecular weight is 178 g/mol. The molecular formula is C11H14O2. The van der Waals surface area contributed by atoms with E-state index >= 15 is 0 Å². The van der Waals surface area contributed by atoms with Crippen LogP contribution in [0.1, 0.15) is 30.4 Å². The van der Waals surface area contributed by atoms with E-state index in [-0.39, 0.29) is 5.92 Å². The highest BCUT2D eigenvalue weighted by Gasteiger charge is 2.18. The van der Waals surface area contributed by atoms with E-state index in [0.717, 1.165) is 11.1 Å². The van der Waals surface area contributed by atoms with Crippen LogP contribution in [0.25, 0.3) is 0 Å². The lowest BCUT2D eigenvalue weighted by Gasteiger charge is -2.12. The first-order valence-corrected chi connectivity index (χ1v) is 4.45. The topological polar surface area (TPSA) is 37.3 Å². The minimum Gasteiger partial charge on any atom is -0.481 e. The minimum atomic E-state index is -0.739. The summed E-state index contributed by atoms with van der Waals surface area (Å²) in [6.07, 6.45) is 0.639. The number of aliphatic carboxylic acids is 1. The second-order valence-corrected chi connectivity index (χ2v) is 3.16. The van der Waals surface area contributed by atoms with Crippen molar-refractivity contribution in [3.05, 3.63) is 35.4 Å². The van der Waals surface area contributed by atoms with Crippen molar-refractivity contribution in [2.24, 2.45) is 0 Å². The van der Waals surface area contributed by atoms with Gasteiger partial charge in [0, 0.05) is 0 Å². The van der Waals surface area contributed by atoms with E-state index in [1.165, 1.54) is 0 Å². The maximum atomic E-state index is 10.9. The van der Waals surface area contributed by atoms with Gasteiger partial charge < -0.3 is 5.11 Å². The van der Waals surface area contributed by atoms with Gasteiger partial charge in [0.1, 0.15) is 0 Å². The standard InChI is InChI=1S/C11H14O2/c1-3-9(11(12)13)10-7-5-4-6-8(10)2/h4-7,9H,3H2,1-2H3,(H,12,13)/t9-/m0/s1. The first kappa shape index (κ1) is 9.78. The summed E-state index contributed by atoms with van der Waals surface area (Å²) < 4.78 is 0. The lowest BCUT2D eigenvalue weighted by molar-refractivity contribution is -0.138. The number of carbonyl (C=O) groups is 1. The summed E-state index contributed by atoms with van der Waals surface area (Å²) in [4.78, 5) is 10.9. The zero-order valence-electron chi connectivity index (χ0n) is 7.95. The van der Waals surface area contributed by atoms with Gasteiger partial charge in [-0.05, 0) is 24.5 Å². The Labute approximate surface area is 78.2 Å². The Morgan fingerprint density at radius 2 is 2.08 bits per heavy atom. The molecule has 2 nitrogen and oxygen atoms in total. The number of carboxylic acid groups (broad SMARTS) is 1. The summed E-state index contributed by atoms with van der Waals surface area (Å²) in [6, 6.07) is 7.64. The molecule has 13 heavy (non-hydrogen) atoms. The van der Waals surface area contributed by atoms with Crippen molar-refractivity contribution in [1.29, 1.82) is 0 Å². The normalized spacial score (nSPS) is 12.5. The molecule has 0 saturated carbocycles. The second kappa shape index (κ2) is 4.08. The van der Waals surface area contributed by atoms with E-state index in [1.54, 1.807) is 0 Å². The van der Waals surface area contributed by atoms with Gasteiger partial charge in [-0.1, -0.05) is 31.2 Å². The van der Waals surface area contributed by atoms with Crippen LogP contribution in [-0.2, 0) is 4.79 Å². The molecule has 0 spiro atoms. The van der Waals surface area contributed by atoms with Gasteiger partial charge >= 0.3 is 5.97 Å². The number of rotatable bonds is 3.